The zero-order valence-electron chi connectivity index (χ0n) is 10.1. The first-order valence-corrected chi connectivity index (χ1v) is 6.52. The van der Waals surface area contributed by atoms with Crippen LogP contribution in [0.25, 0.3) is 0 Å². The fourth-order valence-electron chi connectivity index (χ4n) is 2.23. The van der Waals surface area contributed by atoms with Gasteiger partial charge in [-0.25, -0.2) is 0 Å². The van der Waals surface area contributed by atoms with Crippen molar-refractivity contribution < 1.29 is 0 Å². The highest BCUT2D eigenvalue weighted by atomic mass is 35.5. The second kappa shape index (κ2) is 4.77. The summed E-state index contributed by atoms with van der Waals surface area (Å²) >= 11 is 6.07. The lowest BCUT2D eigenvalue weighted by atomic mass is 9.91. The van der Waals surface area contributed by atoms with Crippen LogP contribution >= 0.6 is 11.6 Å². The first-order chi connectivity index (χ1) is 7.65. The van der Waals surface area contributed by atoms with E-state index in [2.05, 4.69) is 31.3 Å². The monoisotopic (exact) mass is 237 g/mol. The Morgan fingerprint density at radius 1 is 1.44 bits per heavy atom. The summed E-state index contributed by atoms with van der Waals surface area (Å²) in [6.45, 7) is 5.64. The first kappa shape index (κ1) is 11.9. The highest BCUT2D eigenvalue weighted by Crippen LogP contribution is 2.54. The van der Waals surface area contributed by atoms with Crippen molar-refractivity contribution in [3.63, 3.8) is 0 Å². The van der Waals surface area contributed by atoms with E-state index in [1.807, 2.05) is 12.1 Å². The fourth-order valence-corrected chi connectivity index (χ4v) is 2.43. The van der Waals surface area contributed by atoms with E-state index in [9.17, 15) is 0 Å². The summed E-state index contributed by atoms with van der Waals surface area (Å²) in [5.41, 5.74) is 1.78. The third-order valence-electron chi connectivity index (χ3n) is 3.52. The van der Waals surface area contributed by atoms with Crippen LogP contribution in [-0.2, 0) is 0 Å². The summed E-state index contributed by atoms with van der Waals surface area (Å²) in [7, 11) is 0. The number of rotatable bonds is 5. The van der Waals surface area contributed by atoms with Gasteiger partial charge in [0, 0.05) is 11.1 Å². The van der Waals surface area contributed by atoms with Crippen molar-refractivity contribution in [3.8, 4) is 0 Å². The summed E-state index contributed by atoms with van der Waals surface area (Å²) in [6.07, 6.45) is 3.81. The molecule has 1 aliphatic carbocycles. The Balaban J connectivity index is 2.18. The molecule has 0 bridgehead atoms. The summed E-state index contributed by atoms with van der Waals surface area (Å²) in [6, 6.07) is 8.73. The second-order valence-electron chi connectivity index (χ2n) is 5.10. The van der Waals surface area contributed by atoms with Crippen molar-refractivity contribution in [2.24, 2.45) is 5.41 Å². The largest absolute Gasteiger partial charge is 0.309 e. The van der Waals surface area contributed by atoms with Crippen molar-refractivity contribution in [2.75, 3.05) is 6.54 Å². The zero-order chi connectivity index (χ0) is 11.6. The van der Waals surface area contributed by atoms with Gasteiger partial charge in [0.05, 0.1) is 0 Å². The van der Waals surface area contributed by atoms with Crippen LogP contribution in [0.3, 0.4) is 0 Å². The Kier molecular flexibility index (Phi) is 3.56. The van der Waals surface area contributed by atoms with Gasteiger partial charge in [0.1, 0.15) is 0 Å². The lowest BCUT2D eigenvalue weighted by Crippen LogP contribution is -2.28. The second-order valence-corrected chi connectivity index (χ2v) is 5.53. The predicted octanol–water partition coefficient (Wildman–Crippen LogP) is 4.18. The molecule has 2 heteroatoms. The minimum Gasteiger partial charge on any atom is -0.309 e. The molecule has 1 unspecified atom stereocenters. The summed E-state index contributed by atoms with van der Waals surface area (Å²) in [4.78, 5) is 0. The van der Waals surface area contributed by atoms with Crippen molar-refractivity contribution in [3.05, 3.63) is 34.9 Å². The molecule has 1 atom stereocenters. The molecule has 1 aromatic rings. The van der Waals surface area contributed by atoms with Crippen LogP contribution in [0.2, 0.25) is 5.02 Å². The average Bonchev–Trinajstić information content (AvgIpc) is 2.98. The standard InChI is InChI=1S/C14H20ClN/c1-3-9-16-13(14(2)7-8-14)11-5-4-6-12(15)10-11/h4-6,10,13,16H,3,7-9H2,1-2H3. The first-order valence-electron chi connectivity index (χ1n) is 6.14. The van der Waals surface area contributed by atoms with E-state index in [0.717, 1.165) is 11.6 Å². The molecule has 1 fully saturated rings. The van der Waals surface area contributed by atoms with Crippen LogP contribution in [0.4, 0.5) is 0 Å². The SMILES string of the molecule is CCCNC(c1cccc(Cl)c1)C1(C)CC1. The van der Waals surface area contributed by atoms with Crippen LogP contribution in [0.15, 0.2) is 24.3 Å². The summed E-state index contributed by atoms with van der Waals surface area (Å²) < 4.78 is 0. The molecule has 1 aliphatic rings. The van der Waals surface area contributed by atoms with Gasteiger partial charge in [0.25, 0.3) is 0 Å². The Bertz CT molecular complexity index is 358. The van der Waals surface area contributed by atoms with Crippen LogP contribution in [0, 0.1) is 5.41 Å². The van der Waals surface area contributed by atoms with Gasteiger partial charge < -0.3 is 5.32 Å². The van der Waals surface area contributed by atoms with E-state index in [4.69, 9.17) is 11.6 Å². The third kappa shape index (κ3) is 2.58. The van der Waals surface area contributed by atoms with Crippen molar-refractivity contribution >= 4 is 11.6 Å². The summed E-state index contributed by atoms with van der Waals surface area (Å²) in [5, 5.41) is 4.49. The molecule has 0 heterocycles. The van der Waals surface area contributed by atoms with Crippen molar-refractivity contribution in [1.29, 1.82) is 0 Å². The zero-order valence-corrected chi connectivity index (χ0v) is 10.8. The van der Waals surface area contributed by atoms with E-state index >= 15 is 0 Å². The number of benzene rings is 1. The van der Waals surface area contributed by atoms with Crippen molar-refractivity contribution in [2.45, 2.75) is 39.2 Å². The molecule has 0 aromatic heterocycles. The van der Waals surface area contributed by atoms with E-state index in [1.165, 1.54) is 24.8 Å². The average molecular weight is 238 g/mol. The highest BCUT2D eigenvalue weighted by Gasteiger charge is 2.45. The fraction of sp³-hybridized carbons (Fsp3) is 0.571. The molecule has 0 saturated heterocycles. The Hall–Kier alpha value is -0.530. The normalized spacial score (nSPS) is 19.4. The Morgan fingerprint density at radius 3 is 2.75 bits per heavy atom. The predicted molar refractivity (Wildman–Crippen MR) is 69.8 cm³/mol. The molecule has 1 nitrogen and oxygen atoms in total. The number of nitrogens with one attached hydrogen (secondary N) is 1. The molecular weight excluding hydrogens is 218 g/mol. The maximum Gasteiger partial charge on any atom is 0.0409 e. The lowest BCUT2D eigenvalue weighted by Gasteiger charge is -2.25. The molecule has 0 radical (unpaired) electrons. The van der Waals surface area contributed by atoms with Crippen LogP contribution < -0.4 is 5.32 Å². The van der Waals surface area contributed by atoms with Gasteiger partial charge in [-0.05, 0) is 48.9 Å². The molecule has 0 aliphatic heterocycles. The van der Waals surface area contributed by atoms with Crippen LogP contribution in [0.5, 0.6) is 0 Å². The van der Waals surface area contributed by atoms with Gasteiger partial charge >= 0.3 is 0 Å². The van der Waals surface area contributed by atoms with Crippen molar-refractivity contribution in [1.82, 2.24) is 5.32 Å². The molecule has 2 rings (SSSR count). The maximum absolute atomic E-state index is 6.07. The Labute approximate surface area is 103 Å². The van der Waals surface area contributed by atoms with Gasteiger partial charge in [-0.3, -0.25) is 0 Å². The van der Waals surface area contributed by atoms with Crippen LogP contribution in [-0.4, -0.2) is 6.54 Å². The molecule has 1 N–H and O–H groups in total. The summed E-state index contributed by atoms with van der Waals surface area (Å²) in [5.74, 6) is 0. The minimum absolute atomic E-state index is 0.444. The molecule has 0 amide bonds. The molecule has 1 saturated carbocycles. The number of hydrogen-bond donors (Lipinski definition) is 1. The smallest absolute Gasteiger partial charge is 0.0409 e. The van der Waals surface area contributed by atoms with Gasteiger partial charge in [-0.2, -0.15) is 0 Å². The van der Waals surface area contributed by atoms with Gasteiger partial charge in [-0.15, -0.1) is 0 Å². The highest BCUT2D eigenvalue weighted by molar-refractivity contribution is 6.30. The topological polar surface area (TPSA) is 12.0 Å². The van der Waals surface area contributed by atoms with Crippen LogP contribution in [0.1, 0.15) is 44.7 Å². The van der Waals surface area contributed by atoms with E-state index < -0.39 is 0 Å². The molecular formula is C14H20ClN. The molecule has 1 aromatic carbocycles. The van der Waals surface area contributed by atoms with Gasteiger partial charge in [-0.1, -0.05) is 37.6 Å². The number of hydrogen-bond acceptors (Lipinski definition) is 1. The Morgan fingerprint density at radius 2 is 2.19 bits per heavy atom. The minimum atomic E-state index is 0.444. The quantitative estimate of drug-likeness (QED) is 0.810. The lowest BCUT2D eigenvalue weighted by molar-refractivity contribution is 0.367. The maximum atomic E-state index is 6.07. The molecule has 16 heavy (non-hydrogen) atoms. The van der Waals surface area contributed by atoms with Gasteiger partial charge in [0.15, 0.2) is 0 Å². The van der Waals surface area contributed by atoms with E-state index in [-0.39, 0.29) is 0 Å². The molecule has 88 valence electrons. The number of halogens is 1. The van der Waals surface area contributed by atoms with E-state index in [1.54, 1.807) is 0 Å². The third-order valence-corrected chi connectivity index (χ3v) is 3.75. The van der Waals surface area contributed by atoms with Gasteiger partial charge in [0.2, 0.25) is 0 Å². The van der Waals surface area contributed by atoms with E-state index in [0.29, 0.717) is 11.5 Å². The molecule has 0 spiro atoms.